The van der Waals surface area contributed by atoms with Gasteiger partial charge in [-0.2, -0.15) is 0 Å². The molecule has 0 atom stereocenters. The van der Waals surface area contributed by atoms with Crippen LogP contribution in [-0.4, -0.2) is 9.97 Å². The van der Waals surface area contributed by atoms with Crippen molar-refractivity contribution in [2.75, 3.05) is 0 Å². The summed E-state index contributed by atoms with van der Waals surface area (Å²) in [6.07, 6.45) is 2.46. The third-order valence-corrected chi connectivity index (χ3v) is 3.61. The Morgan fingerprint density at radius 1 is 0.789 bits per heavy atom. The molecule has 92 valence electrons. The lowest BCUT2D eigenvalue weighted by molar-refractivity contribution is 0.951. The molecular formula is C17H14N2. The Hall–Kier alpha value is -2.22. The van der Waals surface area contributed by atoms with Gasteiger partial charge in [0.15, 0.2) is 0 Å². The normalized spacial score (nSPS) is 14.7. The minimum Gasteiger partial charge on any atom is -0.233 e. The summed E-state index contributed by atoms with van der Waals surface area (Å²) in [7, 11) is 0. The monoisotopic (exact) mass is 246 g/mol. The number of nitrogens with zero attached hydrogens (tertiary/aromatic N) is 2. The van der Waals surface area contributed by atoms with Gasteiger partial charge in [0, 0.05) is 16.9 Å². The molecule has 1 saturated carbocycles. The molecule has 3 aromatic rings. The Morgan fingerprint density at radius 2 is 1.53 bits per heavy atom. The summed E-state index contributed by atoms with van der Waals surface area (Å²) < 4.78 is 0. The van der Waals surface area contributed by atoms with E-state index in [2.05, 4.69) is 42.5 Å². The molecule has 1 aromatic heterocycles. The number of hydrogen-bond acceptors (Lipinski definition) is 2. The molecule has 19 heavy (non-hydrogen) atoms. The Kier molecular flexibility index (Phi) is 2.34. The van der Waals surface area contributed by atoms with E-state index in [4.69, 9.17) is 9.97 Å². The van der Waals surface area contributed by atoms with E-state index >= 15 is 0 Å². The predicted octanol–water partition coefficient (Wildman–Crippen LogP) is 4.17. The zero-order valence-electron chi connectivity index (χ0n) is 10.6. The van der Waals surface area contributed by atoms with E-state index in [9.17, 15) is 0 Å². The highest BCUT2D eigenvalue weighted by Crippen LogP contribution is 2.39. The summed E-state index contributed by atoms with van der Waals surface area (Å²) in [5.74, 6) is 1.59. The molecule has 2 aromatic carbocycles. The summed E-state index contributed by atoms with van der Waals surface area (Å²) in [4.78, 5) is 9.53. The summed E-state index contributed by atoms with van der Waals surface area (Å²) in [6, 6.07) is 18.7. The summed E-state index contributed by atoms with van der Waals surface area (Å²) in [6.45, 7) is 0. The van der Waals surface area contributed by atoms with Crippen LogP contribution in [0.15, 0.2) is 54.6 Å². The van der Waals surface area contributed by atoms with E-state index in [1.54, 1.807) is 0 Å². The summed E-state index contributed by atoms with van der Waals surface area (Å²) >= 11 is 0. The average Bonchev–Trinajstić information content (AvgIpc) is 3.32. The first-order valence-electron chi connectivity index (χ1n) is 6.74. The molecule has 0 bridgehead atoms. The van der Waals surface area contributed by atoms with E-state index in [1.165, 1.54) is 18.4 Å². The van der Waals surface area contributed by atoms with Crippen molar-refractivity contribution in [3.8, 4) is 11.3 Å². The molecule has 0 spiro atoms. The van der Waals surface area contributed by atoms with Crippen LogP contribution in [0.25, 0.3) is 22.2 Å². The van der Waals surface area contributed by atoms with Crippen molar-refractivity contribution in [3.05, 3.63) is 60.4 Å². The Bertz CT molecular complexity index is 731. The number of rotatable bonds is 2. The number of hydrogen-bond donors (Lipinski definition) is 0. The number of fused-ring (bicyclic) bond motifs is 1. The fourth-order valence-electron chi connectivity index (χ4n) is 2.43. The second kappa shape index (κ2) is 4.16. The summed E-state index contributed by atoms with van der Waals surface area (Å²) in [5, 5.41) is 1.14. The highest BCUT2D eigenvalue weighted by atomic mass is 14.9. The van der Waals surface area contributed by atoms with Crippen LogP contribution in [0.1, 0.15) is 24.6 Å². The lowest BCUT2D eigenvalue weighted by Gasteiger charge is -2.08. The summed E-state index contributed by atoms with van der Waals surface area (Å²) in [5.41, 5.74) is 3.29. The first-order chi connectivity index (χ1) is 9.42. The van der Waals surface area contributed by atoms with Gasteiger partial charge in [-0.25, -0.2) is 9.97 Å². The Morgan fingerprint density at radius 3 is 2.32 bits per heavy atom. The number of benzene rings is 2. The first-order valence-corrected chi connectivity index (χ1v) is 6.74. The predicted molar refractivity (Wildman–Crippen MR) is 76.9 cm³/mol. The molecule has 1 fully saturated rings. The molecule has 4 rings (SSSR count). The van der Waals surface area contributed by atoms with Crippen LogP contribution in [0.2, 0.25) is 0 Å². The SMILES string of the molecule is c1ccc(-c2nc(C3CC3)nc3ccccc23)cc1. The van der Waals surface area contributed by atoms with E-state index in [0.717, 1.165) is 22.4 Å². The van der Waals surface area contributed by atoms with Crippen LogP contribution in [-0.2, 0) is 0 Å². The quantitative estimate of drug-likeness (QED) is 0.678. The first kappa shape index (κ1) is 10.7. The fourth-order valence-corrected chi connectivity index (χ4v) is 2.43. The zero-order chi connectivity index (χ0) is 12.7. The van der Waals surface area contributed by atoms with Gasteiger partial charge in [0.1, 0.15) is 5.82 Å². The lowest BCUT2D eigenvalue weighted by atomic mass is 10.1. The molecule has 0 radical (unpaired) electrons. The highest BCUT2D eigenvalue weighted by Gasteiger charge is 2.27. The van der Waals surface area contributed by atoms with Crippen molar-refractivity contribution >= 4 is 10.9 Å². The second-order valence-electron chi connectivity index (χ2n) is 5.09. The molecule has 1 heterocycles. The van der Waals surface area contributed by atoms with Crippen molar-refractivity contribution in [3.63, 3.8) is 0 Å². The zero-order valence-corrected chi connectivity index (χ0v) is 10.6. The molecular weight excluding hydrogens is 232 g/mol. The Balaban J connectivity index is 2.01. The van der Waals surface area contributed by atoms with Crippen LogP contribution < -0.4 is 0 Å². The molecule has 0 saturated heterocycles. The minimum atomic E-state index is 0.576. The van der Waals surface area contributed by atoms with Crippen molar-refractivity contribution in [1.82, 2.24) is 9.97 Å². The van der Waals surface area contributed by atoms with Crippen molar-refractivity contribution in [2.45, 2.75) is 18.8 Å². The molecule has 0 aliphatic heterocycles. The molecule has 0 amide bonds. The number of aromatic nitrogens is 2. The topological polar surface area (TPSA) is 25.8 Å². The van der Waals surface area contributed by atoms with Crippen LogP contribution in [0.5, 0.6) is 0 Å². The fraction of sp³-hybridized carbons (Fsp3) is 0.176. The third kappa shape index (κ3) is 1.89. The van der Waals surface area contributed by atoms with E-state index in [0.29, 0.717) is 5.92 Å². The maximum atomic E-state index is 4.82. The Labute approximate surface area is 112 Å². The van der Waals surface area contributed by atoms with Gasteiger partial charge in [0.2, 0.25) is 0 Å². The van der Waals surface area contributed by atoms with E-state index in [1.807, 2.05) is 12.1 Å². The molecule has 2 heteroatoms. The van der Waals surface area contributed by atoms with Gasteiger partial charge in [0.25, 0.3) is 0 Å². The van der Waals surface area contributed by atoms with Gasteiger partial charge < -0.3 is 0 Å². The third-order valence-electron chi connectivity index (χ3n) is 3.61. The van der Waals surface area contributed by atoms with Gasteiger partial charge in [0.05, 0.1) is 11.2 Å². The molecule has 1 aliphatic carbocycles. The number of para-hydroxylation sites is 1. The largest absolute Gasteiger partial charge is 0.233 e. The van der Waals surface area contributed by atoms with E-state index in [-0.39, 0.29) is 0 Å². The van der Waals surface area contributed by atoms with Gasteiger partial charge >= 0.3 is 0 Å². The van der Waals surface area contributed by atoms with Gasteiger partial charge in [-0.1, -0.05) is 48.5 Å². The van der Waals surface area contributed by atoms with Crippen LogP contribution in [0, 0.1) is 0 Å². The molecule has 1 aliphatic rings. The molecule has 2 nitrogen and oxygen atoms in total. The van der Waals surface area contributed by atoms with Crippen molar-refractivity contribution in [2.24, 2.45) is 0 Å². The van der Waals surface area contributed by atoms with Gasteiger partial charge in [-0.15, -0.1) is 0 Å². The van der Waals surface area contributed by atoms with Crippen LogP contribution in [0.3, 0.4) is 0 Å². The highest BCUT2D eigenvalue weighted by molar-refractivity contribution is 5.92. The van der Waals surface area contributed by atoms with Gasteiger partial charge in [-0.3, -0.25) is 0 Å². The van der Waals surface area contributed by atoms with Crippen molar-refractivity contribution in [1.29, 1.82) is 0 Å². The maximum Gasteiger partial charge on any atom is 0.132 e. The maximum absolute atomic E-state index is 4.82. The minimum absolute atomic E-state index is 0.576. The molecule has 0 N–H and O–H groups in total. The average molecular weight is 246 g/mol. The van der Waals surface area contributed by atoms with Crippen molar-refractivity contribution < 1.29 is 0 Å². The smallest absolute Gasteiger partial charge is 0.132 e. The van der Waals surface area contributed by atoms with Crippen LogP contribution in [0.4, 0.5) is 0 Å². The molecule has 0 unspecified atom stereocenters. The van der Waals surface area contributed by atoms with E-state index < -0.39 is 0 Å². The second-order valence-corrected chi connectivity index (χ2v) is 5.09. The van der Waals surface area contributed by atoms with Crippen LogP contribution >= 0.6 is 0 Å². The van der Waals surface area contributed by atoms with Gasteiger partial charge in [-0.05, 0) is 18.9 Å². The lowest BCUT2D eigenvalue weighted by Crippen LogP contribution is -1.96. The standard InChI is InChI=1S/C17H14N2/c1-2-6-12(7-3-1)16-14-8-4-5-9-15(14)18-17(19-16)13-10-11-13/h1-9,13H,10-11H2.